The van der Waals surface area contributed by atoms with E-state index >= 15 is 0 Å². The van der Waals surface area contributed by atoms with Crippen LogP contribution in [-0.4, -0.2) is 62.0 Å². The minimum Gasteiger partial charge on any atom is -0.491 e. The quantitative estimate of drug-likeness (QED) is 0.483. The lowest BCUT2D eigenvalue weighted by molar-refractivity contribution is -0.122. The number of benzene rings is 3. The normalized spacial score (nSPS) is 16.9. The summed E-state index contributed by atoms with van der Waals surface area (Å²) in [7, 11) is 1.60. The van der Waals surface area contributed by atoms with Gasteiger partial charge in [0.2, 0.25) is 5.91 Å². The fourth-order valence-electron chi connectivity index (χ4n) is 4.61. The molecule has 40 heavy (non-hydrogen) atoms. The van der Waals surface area contributed by atoms with E-state index in [0.717, 1.165) is 11.1 Å². The van der Waals surface area contributed by atoms with E-state index < -0.39 is 6.04 Å². The Morgan fingerprint density at radius 1 is 1.02 bits per heavy atom. The number of nitrogens with one attached hydrogen (secondary N) is 2. The number of hydrogen-bond acceptors (Lipinski definition) is 5. The van der Waals surface area contributed by atoms with Gasteiger partial charge in [-0.15, -0.1) is 0 Å². The highest BCUT2D eigenvalue weighted by Gasteiger charge is 2.23. The van der Waals surface area contributed by atoms with Gasteiger partial charge in [-0.1, -0.05) is 54.1 Å². The number of rotatable bonds is 5. The van der Waals surface area contributed by atoms with E-state index in [0.29, 0.717) is 60.9 Å². The Morgan fingerprint density at radius 2 is 1.82 bits per heavy atom. The molecular formula is C31H34ClN3O5. The van der Waals surface area contributed by atoms with E-state index in [2.05, 4.69) is 10.6 Å². The van der Waals surface area contributed by atoms with E-state index in [1.807, 2.05) is 42.5 Å². The van der Waals surface area contributed by atoms with E-state index in [9.17, 15) is 14.4 Å². The maximum absolute atomic E-state index is 13.5. The van der Waals surface area contributed by atoms with E-state index in [4.69, 9.17) is 21.1 Å². The number of carbonyl (C=O) groups is 3. The zero-order valence-corrected chi connectivity index (χ0v) is 23.3. The zero-order valence-electron chi connectivity index (χ0n) is 22.5. The first-order valence-electron chi connectivity index (χ1n) is 13.3. The van der Waals surface area contributed by atoms with Crippen LogP contribution in [-0.2, 0) is 22.6 Å². The molecule has 4 rings (SSSR count). The highest BCUT2D eigenvalue weighted by atomic mass is 35.5. The number of halogens is 1. The summed E-state index contributed by atoms with van der Waals surface area (Å²) < 4.78 is 11.3. The second-order valence-corrected chi connectivity index (χ2v) is 10.2. The Kier molecular flexibility index (Phi) is 10.5. The predicted octanol–water partition coefficient (Wildman–Crippen LogP) is 4.26. The smallest absolute Gasteiger partial charge is 0.255 e. The summed E-state index contributed by atoms with van der Waals surface area (Å²) >= 11 is 6.18. The Bertz CT molecular complexity index is 1320. The van der Waals surface area contributed by atoms with Crippen molar-refractivity contribution in [3.05, 3.63) is 100 Å². The summed E-state index contributed by atoms with van der Waals surface area (Å²) in [6.45, 7) is 1.17. The second-order valence-electron chi connectivity index (χ2n) is 9.73. The molecule has 8 nitrogen and oxygen atoms in total. The molecule has 0 bridgehead atoms. The van der Waals surface area contributed by atoms with Gasteiger partial charge in [-0.3, -0.25) is 14.4 Å². The molecule has 0 saturated carbocycles. The lowest BCUT2D eigenvalue weighted by Gasteiger charge is -2.25. The third-order valence-electron chi connectivity index (χ3n) is 6.56. The molecule has 0 spiro atoms. The Morgan fingerprint density at radius 3 is 2.62 bits per heavy atom. The monoisotopic (exact) mass is 563 g/mol. The van der Waals surface area contributed by atoms with Crippen LogP contribution in [0.15, 0.2) is 72.8 Å². The summed E-state index contributed by atoms with van der Waals surface area (Å²) in [6.07, 6.45) is 1.73. The van der Waals surface area contributed by atoms with Crippen LogP contribution in [0.5, 0.6) is 5.75 Å². The standard InChI is InChI=1S/C31H34ClN3O5/c1-39-20-23-10-7-11-24(16-23)31(38)35-15-6-5-14-33-30(37)27-18-25(32)12-13-28(27)40-21-26(34-29(36)19-35)17-22-8-3-2-4-9-22/h2-4,7-13,16,18,26H,5-6,14-15,17,19-21H2,1H3,(H,33,37)(H,34,36)/t26-/m0/s1. The van der Waals surface area contributed by atoms with Gasteiger partial charge in [0.05, 0.1) is 24.8 Å². The van der Waals surface area contributed by atoms with Gasteiger partial charge in [-0.25, -0.2) is 0 Å². The van der Waals surface area contributed by atoms with Crippen LogP contribution in [0.4, 0.5) is 0 Å². The molecule has 0 unspecified atom stereocenters. The third-order valence-corrected chi connectivity index (χ3v) is 6.80. The van der Waals surface area contributed by atoms with Gasteiger partial charge in [0.25, 0.3) is 11.8 Å². The maximum Gasteiger partial charge on any atom is 0.255 e. The molecule has 0 fully saturated rings. The number of nitrogens with zero attached hydrogens (tertiary/aromatic N) is 1. The van der Waals surface area contributed by atoms with Crippen molar-refractivity contribution in [2.24, 2.45) is 0 Å². The summed E-state index contributed by atoms with van der Waals surface area (Å²) in [5.74, 6) is -0.429. The fraction of sp³-hybridized carbons (Fsp3) is 0.323. The first-order valence-corrected chi connectivity index (χ1v) is 13.7. The molecule has 0 aliphatic carbocycles. The minimum absolute atomic E-state index is 0.100. The average Bonchev–Trinajstić information content (AvgIpc) is 2.96. The molecule has 0 radical (unpaired) electrons. The molecule has 3 aromatic rings. The zero-order chi connectivity index (χ0) is 28.3. The summed E-state index contributed by atoms with van der Waals surface area (Å²) in [4.78, 5) is 41.3. The number of fused-ring (bicyclic) bond motifs is 1. The molecule has 1 heterocycles. The third kappa shape index (κ3) is 8.31. The van der Waals surface area contributed by atoms with Crippen LogP contribution in [0.3, 0.4) is 0 Å². The van der Waals surface area contributed by atoms with Crippen molar-refractivity contribution in [3.8, 4) is 5.75 Å². The van der Waals surface area contributed by atoms with Crippen molar-refractivity contribution >= 4 is 29.3 Å². The molecule has 0 saturated heterocycles. The molecular weight excluding hydrogens is 530 g/mol. The molecule has 9 heteroatoms. The molecule has 1 atom stereocenters. The van der Waals surface area contributed by atoms with Crippen LogP contribution < -0.4 is 15.4 Å². The molecule has 210 valence electrons. The van der Waals surface area contributed by atoms with Crippen molar-refractivity contribution in [1.29, 1.82) is 0 Å². The second kappa shape index (κ2) is 14.5. The lowest BCUT2D eigenvalue weighted by Crippen LogP contribution is -2.47. The lowest BCUT2D eigenvalue weighted by atomic mass is 10.1. The van der Waals surface area contributed by atoms with Crippen molar-refractivity contribution in [2.75, 3.05) is 33.4 Å². The van der Waals surface area contributed by atoms with Crippen LogP contribution in [0.1, 0.15) is 44.7 Å². The highest BCUT2D eigenvalue weighted by molar-refractivity contribution is 6.31. The van der Waals surface area contributed by atoms with Crippen molar-refractivity contribution in [3.63, 3.8) is 0 Å². The number of carbonyl (C=O) groups excluding carboxylic acids is 3. The van der Waals surface area contributed by atoms with Gasteiger partial charge in [0.15, 0.2) is 0 Å². The number of ether oxygens (including phenoxy) is 2. The summed E-state index contributed by atoms with van der Waals surface area (Å²) in [5.41, 5.74) is 2.72. The van der Waals surface area contributed by atoms with Crippen LogP contribution in [0, 0.1) is 0 Å². The van der Waals surface area contributed by atoms with Gasteiger partial charge in [0.1, 0.15) is 12.4 Å². The fourth-order valence-corrected chi connectivity index (χ4v) is 4.79. The SMILES string of the molecule is COCc1cccc(C(=O)N2CCCCNC(=O)c3cc(Cl)ccc3OC[C@H](Cc3ccccc3)NC(=O)C2)c1. The molecule has 0 aromatic heterocycles. The summed E-state index contributed by atoms with van der Waals surface area (Å²) in [5, 5.41) is 6.39. The van der Waals surface area contributed by atoms with Crippen molar-refractivity contribution in [2.45, 2.75) is 31.9 Å². The summed E-state index contributed by atoms with van der Waals surface area (Å²) in [6, 6.07) is 21.5. The van der Waals surface area contributed by atoms with Crippen LogP contribution in [0.2, 0.25) is 5.02 Å². The van der Waals surface area contributed by atoms with Crippen LogP contribution >= 0.6 is 11.6 Å². The van der Waals surface area contributed by atoms with Crippen molar-refractivity contribution in [1.82, 2.24) is 15.5 Å². The van der Waals surface area contributed by atoms with Crippen LogP contribution in [0.25, 0.3) is 0 Å². The number of hydrogen-bond donors (Lipinski definition) is 2. The molecule has 1 aliphatic heterocycles. The largest absolute Gasteiger partial charge is 0.491 e. The highest BCUT2D eigenvalue weighted by Crippen LogP contribution is 2.23. The van der Waals surface area contributed by atoms with E-state index in [-0.39, 0.29) is 30.9 Å². The molecule has 3 amide bonds. The van der Waals surface area contributed by atoms with Crippen molar-refractivity contribution < 1.29 is 23.9 Å². The number of amides is 3. The predicted molar refractivity (Wildman–Crippen MR) is 154 cm³/mol. The minimum atomic E-state index is -0.409. The van der Waals surface area contributed by atoms with Gasteiger partial charge < -0.3 is 25.0 Å². The van der Waals surface area contributed by atoms with Gasteiger partial charge >= 0.3 is 0 Å². The van der Waals surface area contributed by atoms with E-state index in [1.54, 1.807) is 42.3 Å². The number of methoxy groups -OCH3 is 1. The van der Waals surface area contributed by atoms with Gasteiger partial charge in [0, 0.05) is 30.8 Å². The van der Waals surface area contributed by atoms with E-state index in [1.165, 1.54) is 0 Å². The molecule has 3 aromatic carbocycles. The Hall–Kier alpha value is -3.88. The maximum atomic E-state index is 13.5. The molecule has 1 aliphatic rings. The molecule has 2 N–H and O–H groups in total. The topological polar surface area (TPSA) is 97.0 Å². The first kappa shape index (κ1) is 29.1. The van der Waals surface area contributed by atoms with Gasteiger partial charge in [-0.2, -0.15) is 0 Å². The first-order chi connectivity index (χ1) is 19.4. The Balaban J connectivity index is 1.58. The average molecular weight is 564 g/mol. The van der Waals surface area contributed by atoms with Gasteiger partial charge in [-0.05, 0) is 60.7 Å². The Labute approximate surface area is 239 Å².